The highest BCUT2D eigenvalue weighted by atomic mass is 79.9. The summed E-state index contributed by atoms with van der Waals surface area (Å²) in [6.07, 6.45) is 1.30. The average molecular weight is 340 g/mol. The molecular formula is C14H11BrFNO3. The third kappa shape index (κ3) is 2.96. The number of hydrogen-bond acceptors (Lipinski definition) is 2. The molecule has 4 nitrogen and oxygen atoms in total. The number of aryl methyl sites for hydroxylation is 1. The van der Waals surface area contributed by atoms with Gasteiger partial charge in [-0.2, -0.15) is 0 Å². The van der Waals surface area contributed by atoms with E-state index in [1.165, 1.54) is 29.9 Å². The predicted molar refractivity (Wildman–Crippen MR) is 75.5 cm³/mol. The van der Waals surface area contributed by atoms with Gasteiger partial charge in [-0.05, 0) is 23.3 Å². The summed E-state index contributed by atoms with van der Waals surface area (Å²) in [7, 11) is 1.47. The highest BCUT2D eigenvalue weighted by Gasteiger charge is 2.14. The van der Waals surface area contributed by atoms with E-state index in [-0.39, 0.29) is 17.5 Å². The minimum Gasteiger partial charge on any atom is -0.478 e. The maximum absolute atomic E-state index is 13.8. The van der Waals surface area contributed by atoms with E-state index in [0.29, 0.717) is 15.6 Å². The molecule has 1 aromatic carbocycles. The predicted octanol–water partition coefficient (Wildman–Crippen LogP) is 2.58. The van der Waals surface area contributed by atoms with Crippen LogP contribution in [0.1, 0.15) is 21.5 Å². The minimum atomic E-state index is -1.15. The molecule has 2 aromatic rings. The fourth-order valence-corrected chi connectivity index (χ4v) is 2.21. The summed E-state index contributed by atoms with van der Waals surface area (Å²) in [5.74, 6) is -1.59. The van der Waals surface area contributed by atoms with Crippen LogP contribution in [0, 0.1) is 5.82 Å². The fraction of sp³-hybridized carbons (Fsp3) is 0.143. The molecule has 0 radical (unpaired) electrons. The molecule has 0 unspecified atom stereocenters. The van der Waals surface area contributed by atoms with Crippen molar-refractivity contribution >= 4 is 21.9 Å². The Hall–Kier alpha value is -1.95. The maximum Gasteiger partial charge on any atom is 0.337 e. The molecule has 2 rings (SSSR count). The van der Waals surface area contributed by atoms with Crippen molar-refractivity contribution in [3.05, 3.63) is 67.8 Å². The van der Waals surface area contributed by atoms with Crippen molar-refractivity contribution in [1.82, 2.24) is 4.57 Å². The van der Waals surface area contributed by atoms with Gasteiger partial charge < -0.3 is 9.67 Å². The number of hydrogen-bond donors (Lipinski definition) is 1. The van der Waals surface area contributed by atoms with E-state index < -0.39 is 11.8 Å². The van der Waals surface area contributed by atoms with Crippen LogP contribution >= 0.6 is 15.9 Å². The molecule has 0 saturated heterocycles. The number of halogens is 2. The molecule has 0 amide bonds. The topological polar surface area (TPSA) is 59.3 Å². The van der Waals surface area contributed by atoms with Gasteiger partial charge in [-0.3, -0.25) is 4.79 Å². The standard InChI is InChI=1S/C14H11BrFNO3/c1-17-7-11(14(19)20)9(5-13(17)18)4-8-2-3-10(15)6-12(8)16/h2-3,5-7H,4H2,1H3,(H,19,20). The number of carboxylic acid groups (broad SMARTS) is 1. The first-order valence-corrected chi connectivity index (χ1v) is 6.54. The Labute approximate surface area is 122 Å². The van der Waals surface area contributed by atoms with Gasteiger partial charge in [0.05, 0.1) is 5.56 Å². The van der Waals surface area contributed by atoms with Crippen LogP contribution in [0.2, 0.25) is 0 Å². The minimum absolute atomic E-state index is 0.00517. The average Bonchev–Trinajstić information content (AvgIpc) is 2.36. The van der Waals surface area contributed by atoms with Crippen molar-refractivity contribution in [2.75, 3.05) is 0 Å². The van der Waals surface area contributed by atoms with Crippen LogP contribution in [0.25, 0.3) is 0 Å². The fourth-order valence-electron chi connectivity index (χ4n) is 1.88. The van der Waals surface area contributed by atoms with Crippen LogP contribution < -0.4 is 5.56 Å². The van der Waals surface area contributed by atoms with Crippen molar-refractivity contribution in [2.24, 2.45) is 7.05 Å². The van der Waals surface area contributed by atoms with E-state index >= 15 is 0 Å². The number of aromatic nitrogens is 1. The molecule has 104 valence electrons. The summed E-state index contributed by atoms with van der Waals surface area (Å²) < 4.78 is 15.6. The normalized spacial score (nSPS) is 10.6. The third-order valence-electron chi connectivity index (χ3n) is 2.94. The Morgan fingerprint density at radius 3 is 2.65 bits per heavy atom. The van der Waals surface area contributed by atoms with Crippen molar-refractivity contribution in [3.63, 3.8) is 0 Å². The maximum atomic E-state index is 13.8. The molecule has 0 bridgehead atoms. The van der Waals surface area contributed by atoms with Crippen molar-refractivity contribution < 1.29 is 14.3 Å². The van der Waals surface area contributed by atoms with Gasteiger partial charge in [-0.25, -0.2) is 9.18 Å². The number of pyridine rings is 1. The second-order valence-electron chi connectivity index (χ2n) is 4.38. The van der Waals surface area contributed by atoms with Crippen molar-refractivity contribution in [2.45, 2.75) is 6.42 Å². The monoisotopic (exact) mass is 339 g/mol. The Kier molecular flexibility index (Phi) is 4.04. The molecule has 1 N–H and O–H groups in total. The first-order chi connectivity index (χ1) is 9.38. The lowest BCUT2D eigenvalue weighted by Gasteiger charge is -2.09. The number of aromatic carboxylic acids is 1. The molecule has 0 spiro atoms. The number of nitrogens with zero attached hydrogens (tertiary/aromatic N) is 1. The first kappa shape index (κ1) is 14.5. The van der Waals surface area contributed by atoms with Gasteiger partial charge in [-0.1, -0.05) is 22.0 Å². The molecule has 1 heterocycles. The van der Waals surface area contributed by atoms with Crippen LogP contribution in [0.15, 0.2) is 39.7 Å². The van der Waals surface area contributed by atoms with Gasteiger partial charge in [0.2, 0.25) is 0 Å². The summed E-state index contributed by atoms with van der Waals surface area (Å²) in [4.78, 5) is 22.8. The number of benzene rings is 1. The summed E-state index contributed by atoms with van der Waals surface area (Å²) in [5.41, 5.74) is 0.294. The Balaban J connectivity index is 2.50. The van der Waals surface area contributed by atoms with Crippen LogP contribution in [0.3, 0.4) is 0 Å². The van der Waals surface area contributed by atoms with Gasteiger partial charge >= 0.3 is 5.97 Å². The molecule has 20 heavy (non-hydrogen) atoms. The lowest BCUT2D eigenvalue weighted by molar-refractivity contribution is 0.0695. The van der Waals surface area contributed by atoms with Gasteiger partial charge in [0.1, 0.15) is 5.82 Å². The second-order valence-corrected chi connectivity index (χ2v) is 5.29. The summed E-state index contributed by atoms with van der Waals surface area (Å²) in [5, 5.41) is 9.16. The Morgan fingerprint density at radius 2 is 2.05 bits per heavy atom. The van der Waals surface area contributed by atoms with Gasteiger partial charge in [0.25, 0.3) is 5.56 Å². The summed E-state index contributed by atoms with van der Waals surface area (Å²) in [6.45, 7) is 0. The molecule has 0 atom stereocenters. The summed E-state index contributed by atoms with van der Waals surface area (Å²) in [6, 6.07) is 5.75. The SMILES string of the molecule is Cn1cc(C(=O)O)c(Cc2ccc(Br)cc2F)cc1=O. The van der Waals surface area contributed by atoms with Gasteiger partial charge in [0, 0.05) is 30.2 Å². The zero-order chi connectivity index (χ0) is 14.9. The van der Waals surface area contributed by atoms with E-state index in [9.17, 15) is 14.0 Å². The lowest BCUT2D eigenvalue weighted by atomic mass is 10.0. The van der Waals surface area contributed by atoms with E-state index in [1.54, 1.807) is 12.1 Å². The van der Waals surface area contributed by atoms with Gasteiger partial charge in [-0.15, -0.1) is 0 Å². The van der Waals surface area contributed by atoms with E-state index in [2.05, 4.69) is 15.9 Å². The third-order valence-corrected chi connectivity index (χ3v) is 3.43. The Bertz CT molecular complexity index is 740. The summed E-state index contributed by atoms with van der Waals surface area (Å²) >= 11 is 3.15. The number of rotatable bonds is 3. The second kappa shape index (κ2) is 5.58. The lowest BCUT2D eigenvalue weighted by Crippen LogP contribution is -2.20. The van der Waals surface area contributed by atoms with Crippen LogP contribution in [0.4, 0.5) is 4.39 Å². The molecule has 6 heteroatoms. The molecular weight excluding hydrogens is 329 g/mol. The molecule has 1 aromatic heterocycles. The highest BCUT2D eigenvalue weighted by Crippen LogP contribution is 2.19. The molecule has 0 aliphatic rings. The zero-order valence-corrected chi connectivity index (χ0v) is 12.1. The van der Waals surface area contributed by atoms with E-state index in [1.807, 2.05) is 0 Å². The largest absolute Gasteiger partial charge is 0.478 e. The van der Waals surface area contributed by atoms with Crippen LogP contribution in [-0.4, -0.2) is 15.6 Å². The zero-order valence-electron chi connectivity index (χ0n) is 10.6. The molecule has 0 saturated carbocycles. The quantitative estimate of drug-likeness (QED) is 0.934. The van der Waals surface area contributed by atoms with Crippen molar-refractivity contribution in [3.8, 4) is 0 Å². The van der Waals surface area contributed by atoms with Gasteiger partial charge in [0.15, 0.2) is 0 Å². The van der Waals surface area contributed by atoms with E-state index in [4.69, 9.17) is 5.11 Å². The first-order valence-electron chi connectivity index (χ1n) is 5.75. The van der Waals surface area contributed by atoms with Crippen LogP contribution in [-0.2, 0) is 13.5 Å². The molecule has 0 aliphatic carbocycles. The molecule has 0 aliphatic heterocycles. The number of carbonyl (C=O) groups is 1. The molecule has 0 fully saturated rings. The van der Waals surface area contributed by atoms with Crippen LogP contribution in [0.5, 0.6) is 0 Å². The van der Waals surface area contributed by atoms with Crippen molar-refractivity contribution in [1.29, 1.82) is 0 Å². The highest BCUT2D eigenvalue weighted by molar-refractivity contribution is 9.10. The number of carboxylic acids is 1. The smallest absolute Gasteiger partial charge is 0.337 e. The van der Waals surface area contributed by atoms with E-state index in [0.717, 1.165) is 0 Å². The Morgan fingerprint density at radius 1 is 1.35 bits per heavy atom.